The van der Waals surface area contributed by atoms with Crippen molar-refractivity contribution >= 4 is 22.4 Å². The van der Waals surface area contributed by atoms with Gasteiger partial charge in [0.05, 0.1) is 5.54 Å². The van der Waals surface area contributed by atoms with E-state index < -0.39 is 5.54 Å². The standard InChI is InChI=1S/C6H8N4OS/c7-6(1-2-6)4(11)9-5-10-8-3-12-5/h3H,1-2,7H2,(H,9,10,11). The number of nitrogens with one attached hydrogen (secondary N) is 1. The zero-order chi connectivity index (χ0) is 8.60. The molecular formula is C6H8N4OS. The Bertz CT molecular complexity index is 293. The van der Waals surface area contributed by atoms with Crippen LogP contribution in [0.15, 0.2) is 5.51 Å². The molecule has 1 aliphatic carbocycles. The third-order valence-corrected chi connectivity index (χ3v) is 2.43. The lowest BCUT2D eigenvalue weighted by atomic mass is 10.3. The smallest absolute Gasteiger partial charge is 0.246 e. The molecule has 0 aliphatic heterocycles. The summed E-state index contributed by atoms with van der Waals surface area (Å²) in [4.78, 5) is 11.3. The molecule has 5 nitrogen and oxygen atoms in total. The molecule has 64 valence electrons. The summed E-state index contributed by atoms with van der Waals surface area (Å²) in [5.41, 5.74) is 6.58. The molecule has 1 saturated carbocycles. The topological polar surface area (TPSA) is 80.9 Å². The fourth-order valence-electron chi connectivity index (χ4n) is 0.811. The van der Waals surface area contributed by atoms with Crippen LogP contribution in [0.3, 0.4) is 0 Å². The number of amides is 1. The average molecular weight is 184 g/mol. The quantitative estimate of drug-likeness (QED) is 0.676. The first-order chi connectivity index (χ1) is 5.71. The van der Waals surface area contributed by atoms with Gasteiger partial charge in [0.2, 0.25) is 11.0 Å². The maximum atomic E-state index is 11.3. The molecule has 0 atom stereocenters. The Morgan fingerprint density at radius 1 is 1.75 bits per heavy atom. The van der Waals surface area contributed by atoms with Crippen LogP contribution in [0.5, 0.6) is 0 Å². The van der Waals surface area contributed by atoms with E-state index in [9.17, 15) is 4.79 Å². The third kappa shape index (κ3) is 1.30. The Morgan fingerprint density at radius 2 is 2.50 bits per heavy atom. The van der Waals surface area contributed by atoms with Crippen molar-refractivity contribution in [3.8, 4) is 0 Å². The van der Waals surface area contributed by atoms with E-state index >= 15 is 0 Å². The second-order valence-electron chi connectivity index (χ2n) is 2.85. The van der Waals surface area contributed by atoms with Gasteiger partial charge in [-0.05, 0) is 12.8 Å². The van der Waals surface area contributed by atoms with Crippen LogP contribution in [0.1, 0.15) is 12.8 Å². The number of hydrogen-bond acceptors (Lipinski definition) is 5. The van der Waals surface area contributed by atoms with Gasteiger partial charge in [0.1, 0.15) is 5.51 Å². The highest BCUT2D eigenvalue weighted by atomic mass is 32.1. The Labute approximate surface area is 73.0 Å². The van der Waals surface area contributed by atoms with Crippen LogP contribution in [0.4, 0.5) is 5.13 Å². The maximum absolute atomic E-state index is 11.3. The van der Waals surface area contributed by atoms with Crippen LogP contribution in [0.2, 0.25) is 0 Å². The lowest BCUT2D eigenvalue weighted by molar-refractivity contribution is -0.118. The molecule has 12 heavy (non-hydrogen) atoms. The fourth-order valence-corrected chi connectivity index (χ4v) is 1.25. The first kappa shape index (κ1) is 7.63. The minimum Gasteiger partial charge on any atom is -0.317 e. The van der Waals surface area contributed by atoms with Gasteiger partial charge in [0.15, 0.2) is 0 Å². The SMILES string of the molecule is NC1(C(=O)Nc2nncs2)CC1. The highest BCUT2D eigenvalue weighted by Gasteiger charge is 2.46. The molecular weight excluding hydrogens is 176 g/mol. The molecule has 6 heteroatoms. The van der Waals surface area contributed by atoms with Crippen LogP contribution in [-0.4, -0.2) is 21.6 Å². The van der Waals surface area contributed by atoms with E-state index in [1.54, 1.807) is 5.51 Å². The van der Waals surface area contributed by atoms with E-state index in [0.29, 0.717) is 5.13 Å². The largest absolute Gasteiger partial charge is 0.317 e. The minimum absolute atomic E-state index is 0.153. The Kier molecular flexibility index (Phi) is 1.59. The van der Waals surface area contributed by atoms with Crippen molar-refractivity contribution < 1.29 is 4.79 Å². The van der Waals surface area contributed by atoms with Gasteiger partial charge in [-0.25, -0.2) is 0 Å². The zero-order valence-corrected chi connectivity index (χ0v) is 7.10. The van der Waals surface area contributed by atoms with E-state index in [4.69, 9.17) is 5.73 Å². The van der Waals surface area contributed by atoms with Crippen molar-refractivity contribution in [1.29, 1.82) is 0 Å². The number of nitrogens with two attached hydrogens (primary N) is 1. The van der Waals surface area contributed by atoms with Gasteiger partial charge in [0, 0.05) is 0 Å². The predicted molar refractivity (Wildman–Crippen MR) is 44.7 cm³/mol. The summed E-state index contributed by atoms with van der Waals surface area (Å²) in [7, 11) is 0. The first-order valence-electron chi connectivity index (χ1n) is 3.57. The number of aromatic nitrogens is 2. The second-order valence-corrected chi connectivity index (χ2v) is 3.69. The van der Waals surface area contributed by atoms with E-state index in [-0.39, 0.29) is 5.91 Å². The normalized spacial score (nSPS) is 18.8. The molecule has 3 N–H and O–H groups in total. The minimum atomic E-state index is -0.633. The van der Waals surface area contributed by atoms with Crippen molar-refractivity contribution in [2.45, 2.75) is 18.4 Å². The van der Waals surface area contributed by atoms with Gasteiger partial charge >= 0.3 is 0 Å². The molecule has 1 aliphatic rings. The van der Waals surface area contributed by atoms with Gasteiger partial charge < -0.3 is 5.73 Å². The molecule has 1 fully saturated rings. The Morgan fingerprint density at radius 3 is 3.00 bits per heavy atom. The van der Waals surface area contributed by atoms with Crippen LogP contribution in [-0.2, 0) is 4.79 Å². The summed E-state index contributed by atoms with van der Waals surface area (Å²) < 4.78 is 0. The monoisotopic (exact) mass is 184 g/mol. The van der Waals surface area contributed by atoms with Gasteiger partial charge in [-0.3, -0.25) is 10.1 Å². The molecule has 0 unspecified atom stereocenters. The van der Waals surface area contributed by atoms with Crippen LogP contribution in [0, 0.1) is 0 Å². The summed E-state index contributed by atoms with van der Waals surface area (Å²) in [5, 5.41) is 10.4. The summed E-state index contributed by atoms with van der Waals surface area (Å²) in [6, 6.07) is 0. The zero-order valence-electron chi connectivity index (χ0n) is 6.28. The van der Waals surface area contributed by atoms with Gasteiger partial charge in [-0.2, -0.15) is 0 Å². The van der Waals surface area contributed by atoms with Gasteiger partial charge in [-0.1, -0.05) is 11.3 Å². The van der Waals surface area contributed by atoms with Crippen LogP contribution in [0.25, 0.3) is 0 Å². The highest BCUT2D eigenvalue weighted by molar-refractivity contribution is 7.13. The molecule has 0 bridgehead atoms. The molecule has 1 aromatic heterocycles. The molecule has 1 aromatic rings. The molecule has 0 saturated heterocycles. The summed E-state index contributed by atoms with van der Waals surface area (Å²) in [6.07, 6.45) is 1.52. The number of nitrogens with zero attached hydrogens (tertiary/aromatic N) is 2. The van der Waals surface area contributed by atoms with E-state index in [2.05, 4.69) is 15.5 Å². The Balaban J connectivity index is 2.00. The van der Waals surface area contributed by atoms with Crippen LogP contribution >= 0.6 is 11.3 Å². The van der Waals surface area contributed by atoms with E-state index in [0.717, 1.165) is 12.8 Å². The van der Waals surface area contributed by atoms with Crippen molar-refractivity contribution in [2.24, 2.45) is 5.73 Å². The summed E-state index contributed by atoms with van der Waals surface area (Å²) >= 11 is 1.29. The number of carbonyl (C=O) groups excluding carboxylic acids is 1. The lowest BCUT2D eigenvalue weighted by Gasteiger charge is -2.05. The second kappa shape index (κ2) is 2.49. The summed E-state index contributed by atoms with van der Waals surface area (Å²) in [6.45, 7) is 0. The molecule has 2 rings (SSSR count). The van der Waals surface area contributed by atoms with Gasteiger partial charge in [-0.15, -0.1) is 10.2 Å². The number of hydrogen-bond donors (Lipinski definition) is 2. The first-order valence-corrected chi connectivity index (χ1v) is 4.45. The number of carbonyl (C=O) groups is 1. The van der Waals surface area contributed by atoms with Gasteiger partial charge in [0.25, 0.3) is 0 Å². The van der Waals surface area contributed by atoms with Crippen molar-refractivity contribution in [1.82, 2.24) is 10.2 Å². The Hall–Kier alpha value is -1.01. The number of rotatable bonds is 2. The fraction of sp³-hybridized carbons (Fsp3) is 0.500. The maximum Gasteiger partial charge on any atom is 0.246 e. The van der Waals surface area contributed by atoms with Crippen LogP contribution < -0.4 is 11.1 Å². The summed E-state index contributed by atoms with van der Waals surface area (Å²) in [5.74, 6) is -0.153. The molecule has 0 radical (unpaired) electrons. The molecule has 1 amide bonds. The van der Waals surface area contributed by atoms with E-state index in [1.807, 2.05) is 0 Å². The molecule has 0 spiro atoms. The molecule has 1 heterocycles. The van der Waals surface area contributed by atoms with Crippen molar-refractivity contribution in [3.63, 3.8) is 0 Å². The third-order valence-electron chi connectivity index (χ3n) is 1.82. The molecule has 0 aromatic carbocycles. The lowest BCUT2D eigenvalue weighted by Crippen LogP contribution is -2.37. The predicted octanol–water partition coefficient (Wildman–Crippen LogP) is -0.0321. The van der Waals surface area contributed by atoms with Crippen molar-refractivity contribution in [2.75, 3.05) is 5.32 Å². The number of anilines is 1. The van der Waals surface area contributed by atoms with E-state index in [1.165, 1.54) is 11.3 Å². The highest BCUT2D eigenvalue weighted by Crippen LogP contribution is 2.33. The van der Waals surface area contributed by atoms with Crippen molar-refractivity contribution in [3.05, 3.63) is 5.51 Å². The average Bonchev–Trinajstić information content (AvgIpc) is 2.63.